The van der Waals surface area contributed by atoms with Gasteiger partial charge in [-0.25, -0.2) is 8.42 Å². The Labute approximate surface area is 86.4 Å². The van der Waals surface area contributed by atoms with Crippen molar-refractivity contribution in [1.29, 1.82) is 0 Å². The summed E-state index contributed by atoms with van der Waals surface area (Å²) in [6, 6.07) is 0.410. The Balaban J connectivity index is 1.91. The van der Waals surface area contributed by atoms with Crippen molar-refractivity contribution in [3.63, 3.8) is 0 Å². The van der Waals surface area contributed by atoms with Crippen molar-refractivity contribution < 1.29 is 13.3 Å². The maximum absolute atomic E-state index is 11.3. The van der Waals surface area contributed by atoms with Gasteiger partial charge in [0, 0.05) is 6.42 Å². The quantitative estimate of drug-likeness (QED) is 0.644. The van der Waals surface area contributed by atoms with Crippen LogP contribution >= 0.6 is 0 Å². The summed E-state index contributed by atoms with van der Waals surface area (Å²) < 4.78 is 22.7. The van der Waals surface area contributed by atoms with E-state index in [1.54, 1.807) is 4.90 Å². The molecule has 2 aliphatic heterocycles. The molecule has 1 atom stereocenters. The van der Waals surface area contributed by atoms with Gasteiger partial charge in [-0.3, -0.25) is 0 Å². The second-order valence-corrected chi connectivity index (χ2v) is 7.17. The molecular formula is C10H20NO2S+. The van der Waals surface area contributed by atoms with E-state index in [1.807, 2.05) is 0 Å². The first kappa shape index (κ1) is 10.4. The number of sulfone groups is 1. The van der Waals surface area contributed by atoms with E-state index in [2.05, 4.69) is 6.92 Å². The first-order chi connectivity index (χ1) is 6.57. The maximum Gasteiger partial charge on any atom is 0.156 e. The molecule has 0 aromatic rings. The molecule has 2 rings (SSSR count). The molecule has 2 saturated heterocycles. The second-order valence-electron chi connectivity index (χ2n) is 4.94. The van der Waals surface area contributed by atoms with Crippen molar-refractivity contribution in [1.82, 2.24) is 0 Å². The number of hydrogen-bond donors (Lipinski definition) is 1. The molecule has 0 saturated carbocycles. The van der Waals surface area contributed by atoms with Crippen molar-refractivity contribution in [2.75, 3.05) is 24.6 Å². The van der Waals surface area contributed by atoms with Crippen LogP contribution in [0.3, 0.4) is 0 Å². The molecule has 0 aromatic carbocycles. The SMILES string of the molecule is CC1CC[NH+]([C@H]2CCS(=O)(=O)C2)CC1. The Morgan fingerprint density at radius 3 is 2.29 bits per heavy atom. The van der Waals surface area contributed by atoms with Crippen molar-refractivity contribution >= 4 is 9.84 Å². The highest BCUT2D eigenvalue weighted by Crippen LogP contribution is 2.12. The lowest BCUT2D eigenvalue weighted by Gasteiger charge is -2.31. The summed E-state index contributed by atoms with van der Waals surface area (Å²) in [6.45, 7) is 4.66. The minimum Gasteiger partial charge on any atom is -0.332 e. The number of hydrogen-bond acceptors (Lipinski definition) is 2. The summed E-state index contributed by atoms with van der Waals surface area (Å²) >= 11 is 0. The molecule has 0 aromatic heterocycles. The Bertz CT molecular complexity index is 291. The Hall–Kier alpha value is -0.0900. The predicted molar refractivity (Wildman–Crippen MR) is 56.2 cm³/mol. The lowest BCUT2D eigenvalue weighted by Crippen LogP contribution is -3.17. The van der Waals surface area contributed by atoms with Gasteiger partial charge in [0.2, 0.25) is 0 Å². The fourth-order valence-electron chi connectivity index (χ4n) is 2.66. The Kier molecular flexibility index (Phi) is 2.84. The van der Waals surface area contributed by atoms with Crippen molar-refractivity contribution in [2.24, 2.45) is 5.92 Å². The minimum absolute atomic E-state index is 0.410. The summed E-state index contributed by atoms with van der Waals surface area (Å²) in [4.78, 5) is 1.55. The van der Waals surface area contributed by atoms with Gasteiger partial charge in [0.05, 0.1) is 18.8 Å². The van der Waals surface area contributed by atoms with Gasteiger partial charge in [-0.2, -0.15) is 0 Å². The number of piperidine rings is 1. The summed E-state index contributed by atoms with van der Waals surface area (Å²) in [5.41, 5.74) is 0. The average molecular weight is 218 g/mol. The number of rotatable bonds is 1. The molecule has 0 amide bonds. The van der Waals surface area contributed by atoms with Crippen molar-refractivity contribution in [3.8, 4) is 0 Å². The van der Waals surface area contributed by atoms with E-state index in [0.29, 0.717) is 17.5 Å². The van der Waals surface area contributed by atoms with Gasteiger partial charge in [-0.15, -0.1) is 0 Å². The van der Waals surface area contributed by atoms with Crippen LogP contribution in [0.4, 0.5) is 0 Å². The van der Waals surface area contributed by atoms with E-state index in [4.69, 9.17) is 0 Å². The topological polar surface area (TPSA) is 38.6 Å². The molecule has 1 N–H and O–H groups in total. The molecule has 4 heteroatoms. The third-order valence-corrected chi connectivity index (χ3v) is 5.49. The first-order valence-electron chi connectivity index (χ1n) is 5.62. The zero-order valence-corrected chi connectivity index (χ0v) is 9.65. The average Bonchev–Trinajstić information content (AvgIpc) is 2.47. The zero-order chi connectivity index (χ0) is 10.2. The van der Waals surface area contributed by atoms with Gasteiger partial charge in [-0.05, 0) is 18.8 Å². The molecule has 3 nitrogen and oxygen atoms in total. The summed E-state index contributed by atoms with van der Waals surface area (Å²) in [5.74, 6) is 1.71. The van der Waals surface area contributed by atoms with Crippen LogP contribution in [0.5, 0.6) is 0 Å². The largest absolute Gasteiger partial charge is 0.332 e. The molecule has 0 spiro atoms. The molecule has 14 heavy (non-hydrogen) atoms. The molecule has 2 aliphatic rings. The van der Waals surface area contributed by atoms with Crippen LogP contribution in [0.25, 0.3) is 0 Å². The standard InChI is InChI=1S/C10H19NO2S/c1-9-2-5-11(6-3-9)10-4-7-14(12,13)8-10/h9-10H,2-8H2,1H3/p+1/t10-/m0/s1. The van der Waals surface area contributed by atoms with Gasteiger partial charge in [-0.1, -0.05) is 6.92 Å². The maximum atomic E-state index is 11.3. The van der Waals surface area contributed by atoms with E-state index >= 15 is 0 Å². The lowest BCUT2D eigenvalue weighted by molar-refractivity contribution is -0.928. The van der Waals surface area contributed by atoms with Crippen LogP contribution < -0.4 is 4.90 Å². The van der Waals surface area contributed by atoms with Crippen molar-refractivity contribution in [3.05, 3.63) is 0 Å². The molecule has 0 bridgehead atoms. The third-order valence-electron chi connectivity index (χ3n) is 3.73. The van der Waals surface area contributed by atoms with Crippen LogP contribution in [0.1, 0.15) is 26.2 Å². The van der Waals surface area contributed by atoms with Gasteiger partial charge in [0.15, 0.2) is 9.84 Å². The Morgan fingerprint density at radius 1 is 1.14 bits per heavy atom. The highest BCUT2D eigenvalue weighted by molar-refractivity contribution is 7.91. The molecule has 2 fully saturated rings. The summed E-state index contributed by atoms with van der Waals surface area (Å²) in [5, 5.41) is 0. The Morgan fingerprint density at radius 2 is 1.79 bits per heavy atom. The summed E-state index contributed by atoms with van der Waals surface area (Å²) in [7, 11) is -2.68. The van der Waals surface area contributed by atoms with Crippen LogP contribution in [0, 0.1) is 5.92 Å². The van der Waals surface area contributed by atoms with Gasteiger partial charge in [0.1, 0.15) is 11.8 Å². The van der Waals surface area contributed by atoms with E-state index in [9.17, 15) is 8.42 Å². The molecule has 0 aliphatic carbocycles. The third kappa shape index (κ3) is 2.28. The van der Waals surface area contributed by atoms with Crippen LogP contribution in [-0.4, -0.2) is 39.1 Å². The van der Waals surface area contributed by atoms with Crippen molar-refractivity contribution in [2.45, 2.75) is 32.2 Å². The highest BCUT2D eigenvalue weighted by atomic mass is 32.2. The molecule has 0 unspecified atom stereocenters. The van der Waals surface area contributed by atoms with Crippen LogP contribution in [0.2, 0.25) is 0 Å². The van der Waals surface area contributed by atoms with Gasteiger partial charge < -0.3 is 4.90 Å². The number of nitrogens with one attached hydrogen (secondary N) is 1. The summed E-state index contributed by atoms with van der Waals surface area (Å²) in [6.07, 6.45) is 3.43. The lowest BCUT2D eigenvalue weighted by atomic mass is 9.98. The van der Waals surface area contributed by atoms with Crippen LogP contribution in [0.15, 0.2) is 0 Å². The highest BCUT2D eigenvalue weighted by Gasteiger charge is 2.36. The van der Waals surface area contributed by atoms with Crippen LogP contribution in [-0.2, 0) is 9.84 Å². The number of quaternary nitrogens is 1. The smallest absolute Gasteiger partial charge is 0.156 e. The minimum atomic E-state index is -2.68. The molecule has 2 heterocycles. The molecule has 0 radical (unpaired) electrons. The van der Waals surface area contributed by atoms with E-state index < -0.39 is 9.84 Å². The van der Waals surface area contributed by atoms with E-state index in [0.717, 1.165) is 12.3 Å². The zero-order valence-electron chi connectivity index (χ0n) is 8.83. The predicted octanol–water partition coefficient (Wildman–Crippen LogP) is -0.512. The first-order valence-corrected chi connectivity index (χ1v) is 7.44. The second kappa shape index (κ2) is 3.81. The normalized spacial score (nSPS) is 42.5. The van der Waals surface area contributed by atoms with Gasteiger partial charge in [0.25, 0.3) is 0 Å². The molecular weight excluding hydrogens is 198 g/mol. The van der Waals surface area contributed by atoms with E-state index in [-0.39, 0.29) is 0 Å². The molecule has 82 valence electrons. The monoisotopic (exact) mass is 218 g/mol. The fraction of sp³-hybridized carbons (Fsp3) is 1.00. The van der Waals surface area contributed by atoms with E-state index in [1.165, 1.54) is 25.9 Å². The fourth-order valence-corrected chi connectivity index (χ4v) is 4.48. The number of likely N-dealkylation sites (tertiary alicyclic amines) is 1. The van der Waals surface area contributed by atoms with Gasteiger partial charge >= 0.3 is 0 Å².